The average molecular weight is 311 g/mol. The lowest BCUT2D eigenvalue weighted by Gasteiger charge is -2.34. The molecule has 0 spiro atoms. The second kappa shape index (κ2) is 7.15. The molecule has 120 valence electrons. The van der Waals surface area contributed by atoms with Crippen LogP contribution < -0.4 is 5.32 Å². The topological polar surface area (TPSA) is 55.8 Å². The van der Waals surface area contributed by atoms with Crippen LogP contribution in [0.1, 0.15) is 5.56 Å². The molecule has 3 rings (SSSR count). The van der Waals surface area contributed by atoms with E-state index in [4.69, 9.17) is 0 Å². The van der Waals surface area contributed by atoms with Crippen LogP contribution in [0, 0.1) is 0 Å². The minimum Gasteiger partial charge on any atom is -0.508 e. The van der Waals surface area contributed by atoms with Gasteiger partial charge in [-0.05, 0) is 29.8 Å². The third-order valence-electron chi connectivity index (χ3n) is 4.00. The van der Waals surface area contributed by atoms with Crippen LogP contribution in [0.25, 0.3) is 0 Å². The quantitative estimate of drug-likeness (QED) is 0.916. The first-order valence-corrected chi connectivity index (χ1v) is 7.82. The first kappa shape index (κ1) is 15.4. The van der Waals surface area contributed by atoms with E-state index in [2.05, 4.69) is 10.2 Å². The number of hydrogen-bond donors (Lipinski definition) is 2. The average Bonchev–Trinajstić information content (AvgIpc) is 2.56. The summed E-state index contributed by atoms with van der Waals surface area (Å²) in [4.78, 5) is 16.4. The number of nitrogens with one attached hydrogen (secondary N) is 1. The fourth-order valence-electron chi connectivity index (χ4n) is 2.75. The Bertz CT molecular complexity index is 652. The molecule has 2 aromatic carbocycles. The molecule has 0 aromatic heterocycles. The van der Waals surface area contributed by atoms with Gasteiger partial charge in [-0.3, -0.25) is 4.90 Å². The van der Waals surface area contributed by atoms with Gasteiger partial charge in [0.15, 0.2) is 0 Å². The van der Waals surface area contributed by atoms with Crippen molar-refractivity contribution in [2.24, 2.45) is 0 Å². The van der Waals surface area contributed by atoms with Crippen LogP contribution in [0.3, 0.4) is 0 Å². The minimum absolute atomic E-state index is 0.0480. The number of hydrogen-bond acceptors (Lipinski definition) is 3. The van der Waals surface area contributed by atoms with Gasteiger partial charge in [0, 0.05) is 38.4 Å². The number of carbonyl (C=O) groups is 1. The predicted molar refractivity (Wildman–Crippen MR) is 90.4 cm³/mol. The normalized spacial score (nSPS) is 15.4. The third kappa shape index (κ3) is 4.23. The summed E-state index contributed by atoms with van der Waals surface area (Å²) in [5, 5.41) is 12.4. The monoisotopic (exact) mass is 311 g/mol. The van der Waals surface area contributed by atoms with Gasteiger partial charge in [0.25, 0.3) is 0 Å². The van der Waals surface area contributed by atoms with Crippen LogP contribution in [0.15, 0.2) is 54.6 Å². The molecule has 1 aliphatic heterocycles. The van der Waals surface area contributed by atoms with Gasteiger partial charge in [-0.25, -0.2) is 4.79 Å². The molecule has 0 aliphatic carbocycles. The summed E-state index contributed by atoms with van der Waals surface area (Å²) in [5.74, 6) is 0.295. The van der Waals surface area contributed by atoms with Gasteiger partial charge in [-0.2, -0.15) is 0 Å². The van der Waals surface area contributed by atoms with Crippen molar-refractivity contribution in [1.29, 1.82) is 0 Å². The smallest absolute Gasteiger partial charge is 0.321 e. The van der Waals surface area contributed by atoms with Crippen molar-refractivity contribution in [3.8, 4) is 5.75 Å². The van der Waals surface area contributed by atoms with Crippen LogP contribution >= 0.6 is 0 Å². The highest BCUT2D eigenvalue weighted by molar-refractivity contribution is 5.89. The lowest BCUT2D eigenvalue weighted by Crippen LogP contribution is -2.49. The summed E-state index contributed by atoms with van der Waals surface area (Å²) in [6.07, 6.45) is 0. The Morgan fingerprint density at radius 1 is 1.00 bits per heavy atom. The van der Waals surface area contributed by atoms with E-state index in [0.717, 1.165) is 30.9 Å². The van der Waals surface area contributed by atoms with E-state index in [0.29, 0.717) is 18.8 Å². The number of aromatic hydroxyl groups is 1. The van der Waals surface area contributed by atoms with Gasteiger partial charge in [-0.15, -0.1) is 0 Å². The number of anilines is 1. The molecule has 5 heteroatoms. The van der Waals surface area contributed by atoms with Crippen molar-refractivity contribution in [3.05, 3.63) is 60.2 Å². The third-order valence-corrected chi connectivity index (χ3v) is 4.00. The van der Waals surface area contributed by atoms with E-state index in [-0.39, 0.29) is 6.03 Å². The van der Waals surface area contributed by atoms with E-state index >= 15 is 0 Å². The standard InChI is InChI=1S/C18H21N3O2/c22-17-8-4-5-15(13-17)14-20-9-11-21(12-10-20)18(23)19-16-6-2-1-3-7-16/h1-8,13,22H,9-12,14H2,(H,19,23). The molecule has 5 nitrogen and oxygen atoms in total. The van der Waals surface area contributed by atoms with Crippen LogP contribution in [-0.2, 0) is 6.54 Å². The van der Waals surface area contributed by atoms with E-state index < -0.39 is 0 Å². The van der Waals surface area contributed by atoms with Crippen molar-refractivity contribution in [2.75, 3.05) is 31.5 Å². The van der Waals surface area contributed by atoms with Crippen LogP contribution in [0.4, 0.5) is 10.5 Å². The summed E-state index contributed by atoms with van der Waals surface area (Å²) in [5.41, 5.74) is 1.91. The van der Waals surface area contributed by atoms with E-state index in [1.165, 1.54) is 0 Å². The fourth-order valence-corrected chi connectivity index (χ4v) is 2.75. The van der Waals surface area contributed by atoms with Gasteiger partial charge < -0.3 is 15.3 Å². The number of rotatable bonds is 3. The molecule has 0 radical (unpaired) electrons. The number of amides is 2. The largest absolute Gasteiger partial charge is 0.508 e. The fraction of sp³-hybridized carbons (Fsp3) is 0.278. The summed E-state index contributed by atoms with van der Waals surface area (Å²) in [6.45, 7) is 3.87. The zero-order valence-electron chi connectivity index (χ0n) is 13.0. The molecule has 0 bridgehead atoms. The number of para-hydroxylation sites is 1. The maximum absolute atomic E-state index is 12.2. The van der Waals surface area contributed by atoms with Crippen molar-refractivity contribution in [2.45, 2.75) is 6.54 Å². The number of phenolic OH excluding ortho intramolecular Hbond substituents is 1. The Morgan fingerprint density at radius 2 is 1.74 bits per heavy atom. The lowest BCUT2D eigenvalue weighted by atomic mass is 10.2. The van der Waals surface area contributed by atoms with Gasteiger partial charge in [-0.1, -0.05) is 30.3 Å². The lowest BCUT2D eigenvalue weighted by molar-refractivity contribution is 0.143. The highest BCUT2D eigenvalue weighted by Crippen LogP contribution is 2.15. The summed E-state index contributed by atoms with van der Waals surface area (Å²) in [7, 11) is 0. The minimum atomic E-state index is -0.0480. The Labute approximate surface area is 136 Å². The first-order chi connectivity index (χ1) is 11.2. The van der Waals surface area contributed by atoms with E-state index in [1.54, 1.807) is 12.1 Å². The Morgan fingerprint density at radius 3 is 2.43 bits per heavy atom. The van der Waals surface area contributed by atoms with Gasteiger partial charge >= 0.3 is 6.03 Å². The van der Waals surface area contributed by atoms with E-state index in [1.807, 2.05) is 47.4 Å². The second-order valence-electron chi connectivity index (χ2n) is 5.73. The van der Waals surface area contributed by atoms with Gasteiger partial charge in [0.2, 0.25) is 0 Å². The molecule has 23 heavy (non-hydrogen) atoms. The Hall–Kier alpha value is -2.53. The van der Waals surface area contributed by atoms with Crippen molar-refractivity contribution in [1.82, 2.24) is 9.80 Å². The van der Waals surface area contributed by atoms with Crippen LogP contribution in [0.2, 0.25) is 0 Å². The molecule has 1 aliphatic rings. The van der Waals surface area contributed by atoms with Crippen molar-refractivity contribution in [3.63, 3.8) is 0 Å². The molecule has 2 aromatic rings. The van der Waals surface area contributed by atoms with E-state index in [9.17, 15) is 9.90 Å². The first-order valence-electron chi connectivity index (χ1n) is 7.82. The zero-order chi connectivity index (χ0) is 16.1. The summed E-state index contributed by atoms with van der Waals surface area (Å²) in [6, 6.07) is 16.8. The number of phenols is 1. The predicted octanol–water partition coefficient (Wildman–Crippen LogP) is 2.74. The number of urea groups is 1. The molecular weight excluding hydrogens is 290 g/mol. The summed E-state index contributed by atoms with van der Waals surface area (Å²) >= 11 is 0. The summed E-state index contributed by atoms with van der Waals surface area (Å²) < 4.78 is 0. The maximum Gasteiger partial charge on any atom is 0.321 e. The van der Waals surface area contributed by atoms with Crippen LogP contribution in [0.5, 0.6) is 5.75 Å². The van der Waals surface area contributed by atoms with Crippen LogP contribution in [-0.4, -0.2) is 47.1 Å². The zero-order valence-corrected chi connectivity index (χ0v) is 13.0. The molecule has 1 heterocycles. The number of piperazine rings is 1. The maximum atomic E-state index is 12.2. The molecular formula is C18H21N3O2. The number of nitrogens with zero attached hydrogens (tertiary/aromatic N) is 2. The molecule has 1 fully saturated rings. The highest BCUT2D eigenvalue weighted by atomic mass is 16.3. The van der Waals surface area contributed by atoms with Gasteiger partial charge in [0.05, 0.1) is 0 Å². The Balaban J connectivity index is 1.49. The molecule has 1 saturated heterocycles. The molecule has 2 N–H and O–H groups in total. The molecule has 0 unspecified atom stereocenters. The highest BCUT2D eigenvalue weighted by Gasteiger charge is 2.21. The number of benzene rings is 2. The SMILES string of the molecule is O=C(Nc1ccccc1)N1CCN(Cc2cccc(O)c2)CC1. The molecule has 0 atom stereocenters. The molecule has 0 saturated carbocycles. The molecule has 2 amide bonds. The second-order valence-corrected chi connectivity index (χ2v) is 5.73. The van der Waals surface area contributed by atoms with Gasteiger partial charge in [0.1, 0.15) is 5.75 Å². The number of carbonyl (C=O) groups excluding carboxylic acids is 1. The van der Waals surface area contributed by atoms with Crippen molar-refractivity contribution >= 4 is 11.7 Å². The van der Waals surface area contributed by atoms with Crippen molar-refractivity contribution < 1.29 is 9.90 Å². The Kier molecular flexibility index (Phi) is 4.78.